The molecule has 1 aromatic heterocycles. The van der Waals surface area contributed by atoms with Gasteiger partial charge in [-0.2, -0.15) is 4.39 Å². The van der Waals surface area contributed by atoms with Crippen molar-refractivity contribution in [3.8, 4) is 0 Å². The van der Waals surface area contributed by atoms with Crippen LogP contribution >= 0.6 is 11.3 Å². The molecule has 27 heavy (non-hydrogen) atoms. The Morgan fingerprint density at radius 3 is 2.33 bits per heavy atom. The van der Waals surface area contributed by atoms with Crippen LogP contribution in [0.25, 0.3) is 0 Å². The lowest BCUT2D eigenvalue weighted by molar-refractivity contribution is -0.134. The monoisotopic (exact) mass is 398 g/mol. The minimum atomic E-state index is -3.01. The predicted octanol–water partition coefficient (Wildman–Crippen LogP) is 4.67. The molecule has 144 valence electrons. The van der Waals surface area contributed by atoms with Crippen molar-refractivity contribution >= 4 is 17.2 Å². The number of carbonyl (C=O) groups is 1. The molecule has 1 amide bonds. The zero-order valence-corrected chi connectivity index (χ0v) is 15.8. The molecule has 0 saturated carbocycles. The number of hydrogen-bond acceptors (Lipinski definition) is 3. The van der Waals surface area contributed by atoms with E-state index < -0.39 is 28.3 Å². The zero-order valence-electron chi connectivity index (χ0n) is 14.9. The average molecular weight is 398 g/mol. The molecule has 3 rings (SSSR count). The number of nitrogens with one attached hydrogen (secondary N) is 1. The quantitative estimate of drug-likeness (QED) is 0.762. The fourth-order valence-corrected chi connectivity index (χ4v) is 4.17. The Balaban J connectivity index is 2.13. The second-order valence-corrected chi connectivity index (χ2v) is 7.85. The van der Waals surface area contributed by atoms with Crippen LogP contribution in [-0.2, 0) is 16.3 Å². The molecule has 2 aromatic rings. The van der Waals surface area contributed by atoms with Gasteiger partial charge in [-0.05, 0) is 18.6 Å². The molecular weight excluding hydrogens is 380 g/mol. The van der Waals surface area contributed by atoms with Crippen LogP contribution in [0.5, 0.6) is 0 Å². The van der Waals surface area contributed by atoms with Crippen molar-refractivity contribution in [3.05, 3.63) is 69.7 Å². The first-order valence-electron chi connectivity index (χ1n) is 8.13. The minimum absolute atomic E-state index is 0.185. The molecule has 0 aliphatic carbocycles. The SMILES string of the molecule is C=C1NC(C)(c2cc(F)c(F)s2)C(c2ccc(C(C)(F)F)cc2)C(=O)N1C. The summed E-state index contributed by atoms with van der Waals surface area (Å²) < 4.78 is 54.3. The third kappa shape index (κ3) is 3.22. The summed E-state index contributed by atoms with van der Waals surface area (Å²) in [6.07, 6.45) is 0. The van der Waals surface area contributed by atoms with E-state index in [0.717, 1.165) is 13.0 Å². The van der Waals surface area contributed by atoms with Crippen LogP contribution in [0.3, 0.4) is 0 Å². The summed E-state index contributed by atoms with van der Waals surface area (Å²) in [6, 6.07) is 6.43. The maximum atomic E-state index is 13.7. The molecule has 1 aliphatic heterocycles. The summed E-state index contributed by atoms with van der Waals surface area (Å²) in [7, 11) is 1.52. The van der Waals surface area contributed by atoms with E-state index in [2.05, 4.69) is 11.9 Å². The van der Waals surface area contributed by atoms with Gasteiger partial charge in [0.05, 0.1) is 11.5 Å². The van der Waals surface area contributed by atoms with Crippen molar-refractivity contribution in [3.63, 3.8) is 0 Å². The van der Waals surface area contributed by atoms with Gasteiger partial charge in [-0.1, -0.05) is 30.8 Å². The Kier molecular flexibility index (Phi) is 4.58. The zero-order chi connectivity index (χ0) is 20.1. The largest absolute Gasteiger partial charge is 0.361 e. The van der Waals surface area contributed by atoms with Crippen molar-refractivity contribution in [2.24, 2.45) is 0 Å². The lowest BCUT2D eigenvalue weighted by Crippen LogP contribution is -2.57. The van der Waals surface area contributed by atoms with Gasteiger partial charge < -0.3 is 10.2 Å². The molecule has 2 unspecified atom stereocenters. The fourth-order valence-electron chi connectivity index (χ4n) is 3.28. The Morgan fingerprint density at radius 1 is 1.26 bits per heavy atom. The second kappa shape index (κ2) is 6.37. The van der Waals surface area contributed by atoms with E-state index in [1.807, 2.05) is 0 Å². The van der Waals surface area contributed by atoms with E-state index in [1.165, 1.54) is 36.2 Å². The molecule has 8 heteroatoms. The predicted molar refractivity (Wildman–Crippen MR) is 95.4 cm³/mol. The van der Waals surface area contributed by atoms with Gasteiger partial charge in [0.15, 0.2) is 5.82 Å². The Hall–Kier alpha value is -2.35. The van der Waals surface area contributed by atoms with Crippen molar-refractivity contribution in [1.29, 1.82) is 0 Å². The molecule has 0 spiro atoms. The second-order valence-electron chi connectivity index (χ2n) is 6.85. The first-order valence-corrected chi connectivity index (χ1v) is 8.95. The summed E-state index contributed by atoms with van der Waals surface area (Å²) in [5.41, 5.74) is -0.918. The minimum Gasteiger partial charge on any atom is -0.361 e. The Bertz CT molecular complexity index is 884. The molecule has 0 bridgehead atoms. The van der Waals surface area contributed by atoms with Crippen LogP contribution < -0.4 is 5.32 Å². The number of rotatable bonds is 3. The van der Waals surface area contributed by atoms with Crippen molar-refractivity contribution in [1.82, 2.24) is 10.2 Å². The molecule has 3 nitrogen and oxygen atoms in total. The first kappa shape index (κ1) is 19.4. The summed E-state index contributed by atoms with van der Waals surface area (Å²) >= 11 is 0.595. The lowest BCUT2D eigenvalue weighted by Gasteiger charge is -2.46. The maximum absolute atomic E-state index is 13.7. The van der Waals surface area contributed by atoms with Crippen LogP contribution in [0, 0.1) is 10.9 Å². The molecule has 1 N–H and O–H groups in total. The van der Waals surface area contributed by atoms with Gasteiger partial charge in [-0.25, -0.2) is 13.2 Å². The van der Waals surface area contributed by atoms with Gasteiger partial charge in [0.25, 0.3) is 5.92 Å². The number of benzene rings is 1. The van der Waals surface area contributed by atoms with Crippen LogP contribution in [-0.4, -0.2) is 17.9 Å². The number of nitrogens with zero attached hydrogens (tertiary/aromatic N) is 1. The first-order chi connectivity index (χ1) is 12.4. The summed E-state index contributed by atoms with van der Waals surface area (Å²) in [5, 5.41) is 2.08. The van der Waals surface area contributed by atoms with Gasteiger partial charge in [0, 0.05) is 24.4 Å². The van der Waals surface area contributed by atoms with E-state index in [0.29, 0.717) is 16.9 Å². The van der Waals surface area contributed by atoms with E-state index in [-0.39, 0.29) is 22.2 Å². The van der Waals surface area contributed by atoms with Crippen molar-refractivity contribution in [2.75, 3.05) is 7.05 Å². The molecule has 0 radical (unpaired) electrons. The average Bonchev–Trinajstić information content (AvgIpc) is 2.92. The van der Waals surface area contributed by atoms with Gasteiger partial charge in [0.2, 0.25) is 11.0 Å². The smallest absolute Gasteiger partial charge is 0.270 e. The number of likely N-dealkylation sites (N-methyl/N-ethyl adjacent to an activating group) is 1. The van der Waals surface area contributed by atoms with E-state index >= 15 is 0 Å². The highest BCUT2D eigenvalue weighted by atomic mass is 32.1. The van der Waals surface area contributed by atoms with Gasteiger partial charge >= 0.3 is 0 Å². The van der Waals surface area contributed by atoms with Gasteiger partial charge in [-0.15, -0.1) is 11.3 Å². The molecule has 2 atom stereocenters. The highest BCUT2D eigenvalue weighted by Crippen LogP contribution is 2.45. The Labute approximate surface area is 158 Å². The number of alkyl halides is 2. The number of amides is 1. The van der Waals surface area contributed by atoms with Gasteiger partial charge in [-0.3, -0.25) is 4.79 Å². The van der Waals surface area contributed by atoms with Gasteiger partial charge in [0.1, 0.15) is 5.82 Å². The summed E-state index contributed by atoms with van der Waals surface area (Å²) in [5.74, 6) is -4.97. The molecule has 2 heterocycles. The maximum Gasteiger partial charge on any atom is 0.270 e. The Morgan fingerprint density at radius 2 is 1.85 bits per heavy atom. The number of thiophene rings is 1. The normalized spacial score (nSPS) is 23.5. The third-order valence-corrected chi connectivity index (χ3v) is 6.01. The van der Waals surface area contributed by atoms with Crippen LogP contribution in [0.2, 0.25) is 0 Å². The van der Waals surface area contributed by atoms with E-state index in [4.69, 9.17) is 0 Å². The highest BCUT2D eigenvalue weighted by molar-refractivity contribution is 7.10. The highest BCUT2D eigenvalue weighted by Gasteiger charge is 2.49. The van der Waals surface area contributed by atoms with E-state index in [1.54, 1.807) is 6.92 Å². The van der Waals surface area contributed by atoms with Crippen molar-refractivity contribution < 1.29 is 22.4 Å². The molecule has 1 aliphatic rings. The molecular formula is C19H18F4N2OS. The van der Waals surface area contributed by atoms with Crippen molar-refractivity contribution in [2.45, 2.75) is 31.2 Å². The summed E-state index contributed by atoms with van der Waals surface area (Å²) in [4.78, 5) is 14.6. The van der Waals surface area contributed by atoms with Crippen LogP contribution in [0.4, 0.5) is 17.6 Å². The lowest BCUT2D eigenvalue weighted by atomic mass is 9.76. The molecule has 1 saturated heterocycles. The topological polar surface area (TPSA) is 32.3 Å². The van der Waals surface area contributed by atoms with E-state index in [9.17, 15) is 22.4 Å². The number of halogens is 4. The number of carbonyl (C=O) groups excluding carboxylic acids is 1. The number of hydrogen-bond donors (Lipinski definition) is 1. The van der Waals surface area contributed by atoms with Crippen LogP contribution in [0.15, 0.2) is 42.7 Å². The molecule has 1 fully saturated rings. The summed E-state index contributed by atoms with van der Waals surface area (Å²) in [6.45, 7) is 6.21. The third-order valence-electron chi connectivity index (χ3n) is 4.87. The fraction of sp³-hybridized carbons (Fsp3) is 0.316. The van der Waals surface area contributed by atoms with Crippen LogP contribution in [0.1, 0.15) is 35.8 Å². The standard InChI is InChI=1S/C19H18F4N2OS/c1-10-24-18(2,14-9-13(20)16(21)27-14)15(17(26)25(10)4)11-5-7-12(8-6-11)19(3,22)23/h5-9,15,24H,1H2,2-4H3. The molecule has 1 aromatic carbocycles.